The summed E-state index contributed by atoms with van der Waals surface area (Å²) in [5.41, 5.74) is 4.80. The average Bonchev–Trinajstić information content (AvgIpc) is 1.85. The summed E-state index contributed by atoms with van der Waals surface area (Å²) < 4.78 is 25.5. The fourth-order valence-corrected chi connectivity index (χ4v) is 1.19. The SMILES string of the molecule is Cl.Cl.NC(=O)C1CCNCC1(F)F. The van der Waals surface area contributed by atoms with E-state index in [4.69, 9.17) is 5.73 Å². The zero-order valence-corrected chi connectivity index (χ0v) is 8.39. The second-order valence-electron chi connectivity index (χ2n) is 2.68. The number of alkyl halides is 2. The van der Waals surface area contributed by atoms with Gasteiger partial charge < -0.3 is 11.1 Å². The molecule has 0 spiro atoms. The predicted molar refractivity (Wildman–Crippen MR) is 49.6 cm³/mol. The largest absolute Gasteiger partial charge is 0.369 e. The molecule has 1 heterocycles. The summed E-state index contributed by atoms with van der Waals surface area (Å²) in [5.74, 6) is -5.16. The number of carbonyl (C=O) groups is 1. The number of hydrogen-bond acceptors (Lipinski definition) is 2. The van der Waals surface area contributed by atoms with Crippen molar-refractivity contribution in [1.29, 1.82) is 0 Å². The Morgan fingerprint density at radius 1 is 1.46 bits per heavy atom. The number of primary amides is 1. The molecule has 0 aromatic rings. The number of halogens is 4. The lowest BCUT2D eigenvalue weighted by atomic mass is 9.93. The third-order valence-electron chi connectivity index (χ3n) is 1.82. The van der Waals surface area contributed by atoms with Crippen molar-refractivity contribution in [3.63, 3.8) is 0 Å². The Hall–Kier alpha value is -0.130. The average molecular weight is 237 g/mol. The van der Waals surface area contributed by atoms with Gasteiger partial charge in [0.2, 0.25) is 5.91 Å². The molecule has 80 valence electrons. The van der Waals surface area contributed by atoms with E-state index < -0.39 is 24.3 Å². The zero-order chi connectivity index (χ0) is 8.48. The van der Waals surface area contributed by atoms with Crippen molar-refractivity contribution in [2.24, 2.45) is 11.7 Å². The van der Waals surface area contributed by atoms with Crippen LogP contribution in [0.25, 0.3) is 0 Å². The lowest BCUT2D eigenvalue weighted by Gasteiger charge is -2.29. The molecule has 0 aromatic carbocycles. The summed E-state index contributed by atoms with van der Waals surface area (Å²) in [6, 6.07) is 0. The Kier molecular flexibility index (Phi) is 6.57. The van der Waals surface area contributed by atoms with Gasteiger partial charge in [0.15, 0.2) is 0 Å². The van der Waals surface area contributed by atoms with Crippen LogP contribution < -0.4 is 11.1 Å². The number of carbonyl (C=O) groups excluding carboxylic acids is 1. The normalized spacial score (nSPS) is 25.2. The van der Waals surface area contributed by atoms with Gasteiger partial charge in [-0.1, -0.05) is 0 Å². The van der Waals surface area contributed by atoms with Gasteiger partial charge in [-0.3, -0.25) is 4.79 Å². The lowest BCUT2D eigenvalue weighted by molar-refractivity contribution is -0.139. The molecule has 1 aliphatic rings. The van der Waals surface area contributed by atoms with Gasteiger partial charge in [-0.25, -0.2) is 8.78 Å². The minimum absolute atomic E-state index is 0. The Bertz CT molecular complexity index is 180. The maximum Gasteiger partial charge on any atom is 0.271 e. The third-order valence-corrected chi connectivity index (χ3v) is 1.82. The second kappa shape index (κ2) is 5.57. The number of nitrogens with one attached hydrogen (secondary N) is 1. The fraction of sp³-hybridized carbons (Fsp3) is 0.833. The molecule has 3 N–H and O–H groups in total. The van der Waals surface area contributed by atoms with E-state index >= 15 is 0 Å². The Labute approximate surface area is 87.2 Å². The first-order valence-corrected chi connectivity index (χ1v) is 3.42. The molecule has 1 aliphatic heterocycles. The van der Waals surface area contributed by atoms with Gasteiger partial charge in [0.1, 0.15) is 5.92 Å². The Balaban J connectivity index is 0. The summed E-state index contributed by atoms with van der Waals surface area (Å²) >= 11 is 0. The van der Waals surface area contributed by atoms with E-state index in [-0.39, 0.29) is 31.2 Å². The van der Waals surface area contributed by atoms with Crippen molar-refractivity contribution in [1.82, 2.24) is 5.32 Å². The monoisotopic (exact) mass is 236 g/mol. The molecule has 1 unspecified atom stereocenters. The van der Waals surface area contributed by atoms with E-state index in [9.17, 15) is 13.6 Å². The maximum atomic E-state index is 12.8. The summed E-state index contributed by atoms with van der Waals surface area (Å²) in [5, 5.41) is 2.50. The van der Waals surface area contributed by atoms with Gasteiger partial charge in [0, 0.05) is 0 Å². The van der Waals surface area contributed by atoms with Crippen molar-refractivity contribution in [2.45, 2.75) is 12.3 Å². The van der Waals surface area contributed by atoms with Crippen LogP contribution in [0.5, 0.6) is 0 Å². The van der Waals surface area contributed by atoms with Crippen LogP contribution in [0, 0.1) is 5.92 Å². The molecule has 0 aromatic heterocycles. The minimum Gasteiger partial charge on any atom is -0.369 e. The highest BCUT2D eigenvalue weighted by molar-refractivity contribution is 5.85. The first-order valence-electron chi connectivity index (χ1n) is 3.42. The topological polar surface area (TPSA) is 55.1 Å². The minimum atomic E-state index is -2.97. The van der Waals surface area contributed by atoms with E-state index in [1.54, 1.807) is 0 Å². The van der Waals surface area contributed by atoms with Crippen molar-refractivity contribution < 1.29 is 13.6 Å². The van der Waals surface area contributed by atoms with Crippen LogP contribution in [-0.4, -0.2) is 24.9 Å². The van der Waals surface area contributed by atoms with Crippen molar-refractivity contribution in [3.8, 4) is 0 Å². The molecule has 7 heteroatoms. The third kappa shape index (κ3) is 3.62. The number of amides is 1. The molecule has 0 radical (unpaired) electrons. The molecule has 0 bridgehead atoms. The molecule has 1 fully saturated rings. The van der Waals surface area contributed by atoms with E-state index in [1.807, 2.05) is 0 Å². The van der Waals surface area contributed by atoms with Crippen molar-refractivity contribution in [2.75, 3.05) is 13.1 Å². The van der Waals surface area contributed by atoms with Crippen LogP contribution in [-0.2, 0) is 4.79 Å². The molecular weight excluding hydrogens is 225 g/mol. The summed E-state index contributed by atoms with van der Waals surface area (Å²) in [6.07, 6.45) is 0.127. The van der Waals surface area contributed by atoms with Crippen LogP contribution in [0.1, 0.15) is 6.42 Å². The molecule has 1 rings (SSSR count). The number of hydrogen-bond donors (Lipinski definition) is 2. The van der Waals surface area contributed by atoms with Crippen LogP contribution >= 0.6 is 24.8 Å². The summed E-state index contributed by atoms with van der Waals surface area (Å²) in [6.45, 7) is -0.0101. The lowest BCUT2D eigenvalue weighted by Crippen LogP contribution is -2.50. The van der Waals surface area contributed by atoms with Crippen LogP contribution in [0.15, 0.2) is 0 Å². The van der Waals surface area contributed by atoms with Crippen molar-refractivity contribution in [3.05, 3.63) is 0 Å². The van der Waals surface area contributed by atoms with Gasteiger partial charge in [0.25, 0.3) is 5.92 Å². The second-order valence-corrected chi connectivity index (χ2v) is 2.68. The van der Waals surface area contributed by atoms with E-state index in [2.05, 4.69) is 5.32 Å². The van der Waals surface area contributed by atoms with E-state index in [0.717, 1.165) is 0 Å². The number of piperidine rings is 1. The Morgan fingerprint density at radius 3 is 2.31 bits per heavy atom. The van der Waals surface area contributed by atoms with Crippen LogP contribution in [0.2, 0.25) is 0 Å². The van der Waals surface area contributed by atoms with Gasteiger partial charge in [-0.15, -0.1) is 24.8 Å². The first kappa shape index (κ1) is 15.3. The van der Waals surface area contributed by atoms with Crippen molar-refractivity contribution >= 4 is 30.7 Å². The molecule has 0 aliphatic carbocycles. The molecule has 0 saturated carbocycles. The van der Waals surface area contributed by atoms with Gasteiger partial charge >= 0.3 is 0 Å². The smallest absolute Gasteiger partial charge is 0.271 e. The molecule has 13 heavy (non-hydrogen) atoms. The highest BCUT2D eigenvalue weighted by Crippen LogP contribution is 2.28. The van der Waals surface area contributed by atoms with E-state index in [1.165, 1.54) is 0 Å². The zero-order valence-electron chi connectivity index (χ0n) is 6.76. The summed E-state index contributed by atoms with van der Waals surface area (Å²) in [7, 11) is 0. The number of nitrogens with two attached hydrogens (primary N) is 1. The van der Waals surface area contributed by atoms with Gasteiger partial charge in [0.05, 0.1) is 6.54 Å². The summed E-state index contributed by atoms with van der Waals surface area (Å²) in [4.78, 5) is 10.5. The van der Waals surface area contributed by atoms with Crippen LogP contribution in [0.4, 0.5) is 8.78 Å². The molecule has 3 nitrogen and oxygen atoms in total. The fourth-order valence-electron chi connectivity index (χ4n) is 1.19. The van der Waals surface area contributed by atoms with E-state index in [0.29, 0.717) is 6.54 Å². The molecular formula is C6H12Cl2F2N2O. The highest BCUT2D eigenvalue weighted by Gasteiger charge is 2.44. The molecule has 1 saturated heterocycles. The van der Waals surface area contributed by atoms with Crippen LogP contribution in [0.3, 0.4) is 0 Å². The van der Waals surface area contributed by atoms with Gasteiger partial charge in [-0.2, -0.15) is 0 Å². The number of rotatable bonds is 1. The van der Waals surface area contributed by atoms with Gasteiger partial charge in [-0.05, 0) is 13.0 Å². The Morgan fingerprint density at radius 2 is 2.00 bits per heavy atom. The maximum absolute atomic E-state index is 12.8. The predicted octanol–water partition coefficient (Wildman–Crippen LogP) is 0.560. The molecule has 1 atom stereocenters. The highest BCUT2D eigenvalue weighted by atomic mass is 35.5. The standard InChI is InChI=1S/C6H10F2N2O.2ClH/c7-6(8)3-10-2-1-4(6)5(9)11;;/h4,10H,1-3H2,(H2,9,11);2*1H. The quantitative estimate of drug-likeness (QED) is 0.700. The molecule has 1 amide bonds. The first-order chi connectivity index (χ1) is 5.04.